The molecule has 0 saturated carbocycles. The van der Waals surface area contributed by atoms with Crippen molar-refractivity contribution >= 4 is 11.0 Å². The standard InChI is InChI=1S/C21H23FN2O2/c1-15-8-10-24(11-9-15)12-13-25-18-5-2-16(3-6-18)21-19-7-4-17(22)14-20(19)26-23-21/h2-7,14-15H,8-13H2,1H3. The van der Waals surface area contributed by atoms with Gasteiger partial charge in [-0.25, -0.2) is 4.39 Å². The fourth-order valence-corrected chi connectivity index (χ4v) is 3.41. The summed E-state index contributed by atoms with van der Waals surface area (Å²) in [6, 6.07) is 12.3. The van der Waals surface area contributed by atoms with Crippen LogP contribution in [0.1, 0.15) is 19.8 Å². The molecule has 0 bridgehead atoms. The Morgan fingerprint density at radius 1 is 1.15 bits per heavy atom. The van der Waals surface area contributed by atoms with Gasteiger partial charge in [0.1, 0.15) is 23.9 Å². The Hall–Kier alpha value is -2.40. The third-order valence-electron chi connectivity index (χ3n) is 5.11. The molecule has 0 N–H and O–H groups in total. The molecule has 1 fully saturated rings. The molecule has 0 radical (unpaired) electrons. The molecular formula is C21H23FN2O2. The monoisotopic (exact) mass is 354 g/mol. The second-order valence-electron chi connectivity index (χ2n) is 7.07. The maximum absolute atomic E-state index is 13.3. The van der Waals surface area contributed by atoms with Crippen molar-refractivity contribution in [3.63, 3.8) is 0 Å². The first-order valence-electron chi connectivity index (χ1n) is 9.19. The zero-order chi connectivity index (χ0) is 17.9. The molecule has 1 saturated heterocycles. The van der Waals surface area contributed by atoms with E-state index in [4.69, 9.17) is 9.26 Å². The number of likely N-dealkylation sites (tertiary alicyclic amines) is 1. The Bertz CT molecular complexity index is 867. The molecule has 1 aliphatic heterocycles. The van der Waals surface area contributed by atoms with Gasteiger partial charge in [-0.15, -0.1) is 0 Å². The Labute approximate surface area is 152 Å². The summed E-state index contributed by atoms with van der Waals surface area (Å²) in [5.41, 5.74) is 2.10. The molecule has 26 heavy (non-hydrogen) atoms. The predicted octanol–water partition coefficient (Wildman–Crippen LogP) is 4.74. The van der Waals surface area contributed by atoms with Gasteiger partial charge >= 0.3 is 0 Å². The maximum atomic E-state index is 13.3. The van der Waals surface area contributed by atoms with Gasteiger partial charge in [-0.1, -0.05) is 12.1 Å². The van der Waals surface area contributed by atoms with E-state index in [1.807, 2.05) is 24.3 Å². The van der Waals surface area contributed by atoms with Crippen LogP contribution in [0.5, 0.6) is 5.75 Å². The van der Waals surface area contributed by atoms with Crippen LogP contribution in [0.15, 0.2) is 47.0 Å². The lowest BCUT2D eigenvalue weighted by Gasteiger charge is -2.29. The van der Waals surface area contributed by atoms with Gasteiger partial charge in [0.25, 0.3) is 0 Å². The van der Waals surface area contributed by atoms with Crippen LogP contribution >= 0.6 is 0 Å². The summed E-state index contributed by atoms with van der Waals surface area (Å²) >= 11 is 0. The molecule has 1 aliphatic rings. The second kappa shape index (κ2) is 7.46. The van der Waals surface area contributed by atoms with Crippen LogP contribution < -0.4 is 4.74 Å². The van der Waals surface area contributed by atoms with E-state index in [1.165, 1.54) is 38.1 Å². The highest BCUT2D eigenvalue weighted by molar-refractivity contribution is 5.91. The number of rotatable bonds is 5. The van der Waals surface area contributed by atoms with E-state index in [0.29, 0.717) is 17.9 Å². The molecular weight excluding hydrogens is 331 g/mol. The quantitative estimate of drug-likeness (QED) is 0.663. The van der Waals surface area contributed by atoms with Crippen LogP contribution in [0.4, 0.5) is 4.39 Å². The average molecular weight is 354 g/mol. The van der Waals surface area contributed by atoms with Crippen molar-refractivity contribution in [1.82, 2.24) is 10.1 Å². The Kier molecular flexibility index (Phi) is 4.89. The lowest BCUT2D eigenvalue weighted by molar-refractivity contribution is 0.160. The van der Waals surface area contributed by atoms with Crippen molar-refractivity contribution in [2.75, 3.05) is 26.2 Å². The minimum atomic E-state index is -0.327. The highest BCUT2D eigenvalue weighted by atomic mass is 19.1. The number of hydrogen-bond donors (Lipinski definition) is 0. The summed E-state index contributed by atoms with van der Waals surface area (Å²) < 4.78 is 24.4. The van der Waals surface area contributed by atoms with Gasteiger partial charge in [0, 0.05) is 23.6 Å². The van der Waals surface area contributed by atoms with E-state index in [9.17, 15) is 4.39 Å². The third-order valence-corrected chi connectivity index (χ3v) is 5.11. The van der Waals surface area contributed by atoms with Gasteiger partial charge in [0.2, 0.25) is 0 Å². The Balaban J connectivity index is 1.37. The Morgan fingerprint density at radius 2 is 1.92 bits per heavy atom. The lowest BCUT2D eigenvalue weighted by atomic mass is 9.99. The number of fused-ring (bicyclic) bond motifs is 1. The van der Waals surface area contributed by atoms with E-state index in [1.54, 1.807) is 6.07 Å². The summed E-state index contributed by atoms with van der Waals surface area (Å²) in [6.07, 6.45) is 2.56. The zero-order valence-corrected chi connectivity index (χ0v) is 15.0. The highest BCUT2D eigenvalue weighted by Gasteiger charge is 2.15. The largest absolute Gasteiger partial charge is 0.492 e. The SMILES string of the molecule is CC1CCN(CCOc2ccc(-c3noc4cc(F)ccc34)cc2)CC1. The van der Waals surface area contributed by atoms with Gasteiger partial charge in [-0.3, -0.25) is 4.90 Å². The summed E-state index contributed by atoms with van der Waals surface area (Å²) in [7, 11) is 0. The molecule has 1 aromatic heterocycles. The van der Waals surface area contributed by atoms with Crippen LogP contribution in [-0.4, -0.2) is 36.3 Å². The number of hydrogen-bond acceptors (Lipinski definition) is 4. The number of aromatic nitrogens is 1. The molecule has 0 aliphatic carbocycles. The number of nitrogens with zero attached hydrogens (tertiary/aromatic N) is 2. The summed E-state index contributed by atoms with van der Waals surface area (Å²) in [6.45, 7) is 6.32. The summed E-state index contributed by atoms with van der Waals surface area (Å²) in [5, 5.41) is 4.88. The zero-order valence-electron chi connectivity index (χ0n) is 15.0. The molecule has 5 heteroatoms. The van der Waals surface area contributed by atoms with Gasteiger partial charge < -0.3 is 9.26 Å². The second-order valence-corrected chi connectivity index (χ2v) is 7.07. The smallest absolute Gasteiger partial charge is 0.170 e. The van der Waals surface area contributed by atoms with Crippen LogP contribution in [0.2, 0.25) is 0 Å². The predicted molar refractivity (Wildman–Crippen MR) is 99.7 cm³/mol. The molecule has 3 aromatic rings. The van der Waals surface area contributed by atoms with Crippen molar-refractivity contribution in [2.24, 2.45) is 5.92 Å². The van der Waals surface area contributed by atoms with Crippen molar-refractivity contribution in [3.05, 3.63) is 48.3 Å². The van der Waals surface area contributed by atoms with Crippen molar-refractivity contribution in [2.45, 2.75) is 19.8 Å². The molecule has 2 heterocycles. The Morgan fingerprint density at radius 3 is 2.69 bits per heavy atom. The van der Waals surface area contributed by atoms with Crippen LogP contribution in [0.3, 0.4) is 0 Å². The van der Waals surface area contributed by atoms with Crippen LogP contribution in [0, 0.1) is 11.7 Å². The fraction of sp³-hybridized carbons (Fsp3) is 0.381. The molecule has 0 unspecified atom stereocenters. The van der Waals surface area contributed by atoms with E-state index in [0.717, 1.165) is 29.2 Å². The molecule has 0 amide bonds. The topological polar surface area (TPSA) is 38.5 Å². The minimum Gasteiger partial charge on any atom is -0.492 e. The van der Waals surface area contributed by atoms with Crippen LogP contribution in [0.25, 0.3) is 22.2 Å². The minimum absolute atomic E-state index is 0.327. The first-order chi connectivity index (χ1) is 12.7. The van der Waals surface area contributed by atoms with Crippen LogP contribution in [-0.2, 0) is 0 Å². The van der Waals surface area contributed by atoms with E-state index < -0.39 is 0 Å². The fourth-order valence-electron chi connectivity index (χ4n) is 3.41. The highest BCUT2D eigenvalue weighted by Crippen LogP contribution is 2.29. The first kappa shape index (κ1) is 17.0. The van der Waals surface area contributed by atoms with Gasteiger partial charge in [-0.2, -0.15) is 0 Å². The van der Waals surface area contributed by atoms with E-state index in [-0.39, 0.29) is 5.82 Å². The van der Waals surface area contributed by atoms with Crippen molar-refractivity contribution < 1.29 is 13.7 Å². The molecule has 4 rings (SSSR count). The summed E-state index contributed by atoms with van der Waals surface area (Å²) in [5.74, 6) is 1.37. The number of halogens is 1. The van der Waals surface area contributed by atoms with E-state index in [2.05, 4.69) is 17.0 Å². The number of benzene rings is 2. The molecule has 0 atom stereocenters. The van der Waals surface area contributed by atoms with Crippen molar-refractivity contribution in [3.8, 4) is 17.0 Å². The third kappa shape index (κ3) is 3.73. The lowest BCUT2D eigenvalue weighted by Crippen LogP contribution is -2.35. The number of ether oxygens (including phenoxy) is 1. The molecule has 4 nitrogen and oxygen atoms in total. The van der Waals surface area contributed by atoms with E-state index >= 15 is 0 Å². The maximum Gasteiger partial charge on any atom is 0.170 e. The van der Waals surface area contributed by atoms with Crippen molar-refractivity contribution in [1.29, 1.82) is 0 Å². The molecule has 0 spiro atoms. The summed E-state index contributed by atoms with van der Waals surface area (Å²) in [4.78, 5) is 2.47. The van der Waals surface area contributed by atoms with Gasteiger partial charge in [0.15, 0.2) is 5.58 Å². The molecule has 2 aromatic carbocycles. The van der Waals surface area contributed by atoms with Gasteiger partial charge in [0.05, 0.1) is 0 Å². The number of piperidine rings is 1. The molecule has 136 valence electrons. The first-order valence-corrected chi connectivity index (χ1v) is 9.19. The van der Waals surface area contributed by atoms with Gasteiger partial charge in [-0.05, 0) is 68.2 Å². The normalized spacial score (nSPS) is 16.2. The average Bonchev–Trinajstić information content (AvgIpc) is 3.07.